The predicted molar refractivity (Wildman–Crippen MR) is 65.8 cm³/mol. The van der Waals surface area contributed by atoms with E-state index in [1.54, 1.807) is 0 Å². The smallest absolute Gasteiger partial charge is 0.217 e. The SMILES string of the molecule is C=C(CC)COc1cc(C)nc(C(C)C)n1. The molecule has 0 aliphatic heterocycles. The molecule has 1 rings (SSSR count). The molecule has 16 heavy (non-hydrogen) atoms. The number of nitrogens with zero attached hydrogens (tertiary/aromatic N) is 2. The standard InChI is InChI=1S/C13H20N2O/c1-6-10(4)8-16-12-7-11(5)14-13(15-12)9(2)3/h7,9H,4,6,8H2,1-3,5H3. The third-order valence-corrected chi connectivity index (χ3v) is 2.29. The molecule has 0 amide bonds. The van der Waals surface area contributed by atoms with Gasteiger partial charge >= 0.3 is 0 Å². The summed E-state index contributed by atoms with van der Waals surface area (Å²) in [5, 5.41) is 0. The highest BCUT2D eigenvalue weighted by Gasteiger charge is 2.06. The monoisotopic (exact) mass is 220 g/mol. The quantitative estimate of drug-likeness (QED) is 0.714. The number of rotatable bonds is 5. The Morgan fingerprint density at radius 3 is 2.69 bits per heavy atom. The maximum atomic E-state index is 5.58. The average molecular weight is 220 g/mol. The van der Waals surface area contributed by atoms with Crippen molar-refractivity contribution in [2.24, 2.45) is 0 Å². The summed E-state index contributed by atoms with van der Waals surface area (Å²) in [6.07, 6.45) is 0.932. The lowest BCUT2D eigenvalue weighted by Crippen LogP contribution is -2.05. The third kappa shape index (κ3) is 3.65. The molecule has 3 nitrogen and oxygen atoms in total. The fourth-order valence-corrected chi connectivity index (χ4v) is 1.17. The lowest BCUT2D eigenvalue weighted by Gasteiger charge is -2.10. The van der Waals surface area contributed by atoms with Crippen molar-refractivity contribution in [3.05, 3.63) is 29.7 Å². The lowest BCUT2D eigenvalue weighted by molar-refractivity contribution is 0.332. The van der Waals surface area contributed by atoms with Gasteiger partial charge in [0.15, 0.2) is 0 Å². The van der Waals surface area contributed by atoms with Crippen molar-refractivity contribution in [1.29, 1.82) is 0 Å². The van der Waals surface area contributed by atoms with Gasteiger partial charge < -0.3 is 4.74 Å². The van der Waals surface area contributed by atoms with Gasteiger partial charge in [0.05, 0.1) is 0 Å². The fourth-order valence-electron chi connectivity index (χ4n) is 1.17. The molecule has 1 heterocycles. The van der Waals surface area contributed by atoms with E-state index in [-0.39, 0.29) is 0 Å². The minimum absolute atomic E-state index is 0.316. The van der Waals surface area contributed by atoms with Crippen LogP contribution in [-0.4, -0.2) is 16.6 Å². The van der Waals surface area contributed by atoms with Gasteiger partial charge in [-0.15, -0.1) is 0 Å². The second-order valence-electron chi connectivity index (χ2n) is 4.25. The van der Waals surface area contributed by atoms with Crippen molar-refractivity contribution >= 4 is 0 Å². The van der Waals surface area contributed by atoms with E-state index in [0.717, 1.165) is 23.5 Å². The molecule has 0 radical (unpaired) electrons. The molecular formula is C13H20N2O. The second-order valence-corrected chi connectivity index (χ2v) is 4.25. The number of aryl methyl sites for hydroxylation is 1. The molecule has 0 unspecified atom stereocenters. The van der Waals surface area contributed by atoms with E-state index in [0.29, 0.717) is 18.4 Å². The second kappa shape index (κ2) is 5.64. The first-order valence-corrected chi connectivity index (χ1v) is 5.68. The highest BCUT2D eigenvalue weighted by Crippen LogP contribution is 2.15. The highest BCUT2D eigenvalue weighted by molar-refractivity contribution is 5.17. The number of ether oxygens (including phenoxy) is 1. The normalized spacial score (nSPS) is 10.6. The Bertz CT molecular complexity index is 372. The van der Waals surface area contributed by atoms with E-state index in [9.17, 15) is 0 Å². The molecule has 1 aromatic heterocycles. The zero-order valence-electron chi connectivity index (χ0n) is 10.6. The van der Waals surface area contributed by atoms with Crippen molar-refractivity contribution in [2.75, 3.05) is 6.61 Å². The van der Waals surface area contributed by atoms with Crippen LogP contribution in [0.5, 0.6) is 5.88 Å². The molecule has 3 heteroatoms. The molecule has 0 aliphatic rings. The summed E-state index contributed by atoms with van der Waals surface area (Å²) >= 11 is 0. The maximum Gasteiger partial charge on any atom is 0.217 e. The number of hydrogen-bond acceptors (Lipinski definition) is 3. The van der Waals surface area contributed by atoms with Gasteiger partial charge in [0, 0.05) is 17.7 Å². The highest BCUT2D eigenvalue weighted by atomic mass is 16.5. The van der Waals surface area contributed by atoms with E-state index in [1.807, 2.05) is 13.0 Å². The molecule has 0 spiro atoms. The molecule has 88 valence electrons. The first-order valence-electron chi connectivity index (χ1n) is 5.68. The largest absolute Gasteiger partial charge is 0.473 e. The zero-order valence-corrected chi connectivity index (χ0v) is 10.6. The van der Waals surface area contributed by atoms with Crippen molar-refractivity contribution < 1.29 is 4.74 Å². The maximum absolute atomic E-state index is 5.58. The van der Waals surface area contributed by atoms with E-state index in [2.05, 4.69) is 37.3 Å². The Labute approximate surface area is 97.6 Å². The van der Waals surface area contributed by atoms with Gasteiger partial charge in [0.25, 0.3) is 0 Å². The molecule has 0 saturated heterocycles. The molecule has 0 fully saturated rings. The van der Waals surface area contributed by atoms with Crippen LogP contribution in [0.1, 0.15) is 44.6 Å². The van der Waals surface area contributed by atoms with E-state index >= 15 is 0 Å². The van der Waals surface area contributed by atoms with E-state index in [1.165, 1.54) is 0 Å². The molecule has 0 aliphatic carbocycles. The van der Waals surface area contributed by atoms with Crippen LogP contribution >= 0.6 is 0 Å². The molecule has 0 saturated carbocycles. The van der Waals surface area contributed by atoms with Crippen LogP contribution < -0.4 is 4.74 Å². The minimum atomic E-state index is 0.316. The number of hydrogen-bond donors (Lipinski definition) is 0. The van der Waals surface area contributed by atoms with Gasteiger partial charge in [0.1, 0.15) is 12.4 Å². The van der Waals surface area contributed by atoms with Crippen molar-refractivity contribution in [1.82, 2.24) is 9.97 Å². The van der Waals surface area contributed by atoms with Crippen LogP contribution in [0.25, 0.3) is 0 Å². The molecule has 1 aromatic rings. The summed E-state index contributed by atoms with van der Waals surface area (Å²) in [4.78, 5) is 8.73. The molecule has 0 atom stereocenters. The summed E-state index contributed by atoms with van der Waals surface area (Å²) in [7, 11) is 0. The van der Waals surface area contributed by atoms with Gasteiger partial charge in [-0.1, -0.05) is 27.4 Å². The van der Waals surface area contributed by atoms with E-state index < -0.39 is 0 Å². The molecule has 0 bridgehead atoms. The van der Waals surface area contributed by atoms with Gasteiger partial charge in [0.2, 0.25) is 5.88 Å². The summed E-state index contributed by atoms with van der Waals surface area (Å²) in [6.45, 7) is 12.6. The Morgan fingerprint density at radius 2 is 2.12 bits per heavy atom. The Hall–Kier alpha value is -1.38. The Kier molecular flexibility index (Phi) is 4.47. The fraction of sp³-hybridized carbons (Fsp3) is 0.538. The first-order chi connectivity index (χ1) is 7.52. The van der Waals surface area contributed by atoms with Crippen LogP contribution in [-0.2, 0) is 0 Å². The van der Waals surface area contributed by atoms with Crippen LogP contribution in [0.15, 0.2) is 18.2 Å². The van der Waals surface area contributed by atoms with Gasteiger partial charge in [-0.05, 0) is 18.9 Å². The van der Waals surface area contributed by atoms with Gasteiger partial charge in [-0.25, -0.2) is 4.98 Å². The topological polar surface area (TPSA) is 35.0 Å². The molecular weight excluding hydrogens is 200 g/mol. The van der Waals surface area contributed by atoms with Crippen molar-refractivity contribution in [2.45, 2.75) is 40.0 Å². The lowest BCUT2D eigenvalue weighted by atomic mass is 10.2. The summed E-state index contributed by atoms with van der Waals surface area (Å²) in [5.41, 5.74) is 2.01. The zero-order chi connectivity index (χ0) is 12.1. The number of aromatic nitrogens is 2. The Morgan fingerprint density at radius 1 is 1.44 bits per heavy atom. The van der Waals surface area contributed by atoms with Crippen LogP contribution in [0.2, 0.25) is 0 Å². The minimum Gasteiger partial charge on any atom is -0.473 e. The van der Waals surface area contributed by atoms with E-state index in [4.69, 9.17) is 4.74 Å². The summed E-state index contributed by atoms with van der Waals surface area (Å²) in [6, 6.07) is 1.86. The van der Waals surface area contributed by atoms with Crippen molar-refractivity contribution in [3.63, 3.8) is 0 Å². The average Bonchev–Trinajstić information content (AvgIpc) is 2.25. The predicted octanol–water partition coefficient (Wildman–Crippen LogP) is 3.25. The summed E-state index contributed by atoms with van der Waals surface area (Å²) < 4.78 is 5.58. The van der Waals surface area contributed by atoms with Crippen LogP contribution in [0.3, 0.4) is 0 Å². The van der Waals surface area contributed by atoms with Crippen LogP contribution in [0, 0.1) is 6.92 Å². The first kappa shape index (κ1) is 12.7. The summed E-state index contributed by atoms with van der Waals surface area (Å²) in [5.74, 6) is 1.79. The Balaban J connectivity index is 2.76. The van der Waals surface area contributed by atoms with Crippen LogP contribution in [0.4, 0.5) is 0 Å². The third-order valence-electron chi connectivity index (χ3n) is 2.29. The molecule has 0 N–H and O–H groups in total. The van der Waals surface area contributed by atoms with Gasteiger partial charge in [-0.2, -0.15) is 4.98 Å². The van der Waals surface area contributed by atoms with Crippen molar-refractivity contribution in [3.8, 4) is 5.88 Å². The molecule has 0 aromatic carbocycles. The van der Waals surface area contributed by atoms with Gasteiger partial charge in [-0.3, -0.25) is 0 Å².